The molecule has 0 radical (unpaired) electrons. The molecule has 0 saturated carbocycles. The van der Waals surface area contributed by atoms with Crippen molar-refractivity contribution in [3.05, 3.63) is 23.6 Å². The Balaban J connectivity index is 2.74. The number of pyridine rings is 1. The lowest BCUT2D eigenvalue weighted by Crippen LogP contribution is -2.25. The summed E-state index contributed by atoms with van der Waals surface area (Å²) in [4.78, 5) is 14.3. The number of primary amides is 1. The number of hydrogen-bond donors (Lipinski definition) is 2. The van der Waals surface area contributed by atoms with Gasteiger partial charge in [0.15, 0.2) is 0 Å². The summed E-state index contributed by atoms with van der Waals surface area (Å²) in [5.74, 6) is -0.275. The molecule has 1 aromatic heterocycles. The van der Waals surface area contributed by atoms with E-state index in [1.165, 1.54) is 6.07 Å². The molecule has 1 amide bonds. The molecule has 0 fully saturated rings. The SMILES string of the molecule is C[C@@H](COC(N)=O)Oc1ncc(F)cc1[C@@H](C)N. The molecule has 7 heteroatoms. The van der Waals surface area contributed by atoms with Gasteiger partial charge >= 0.3 is 6.09 Å². The zero-order valence-electron chi connectivity index (χ0n) is 10.2. The summed E-state index contributed by atoms with van der Waals surface area (Å²) in [5, 5.41) is 0. The molecule has 0 aliphatic rings. The molecular formula is C11H16FN3O3. The molecular weight excluding hydrogens is 241 g/mol. The van der Waals surface area contributed by atoms with E-state index >= 15 is 0 Å². The number of aromatic nitrogens is 1. The van der Waals surface area contributed by atoms with E-state index in [1.54, 1.807) is 13.8 Å². The summed E-state index contributed by atoms with van der Waals surface area (Å²) >= 11 is 0. The zero-order chi connectivity index (χ0) is 13.7. The zero-order valence-corrected chi connectivity index (χ0v) is 10.2. The monoisotopic (exact) mass is 257 g/mol. The van der Waals surface area contributed by atoms with Crippen LogP contribution in [0.1, 0.15) is 25.5 Å². The van der Waals surface area contributed by atoms with Crippen LogP contribution in [0.4, 0.5) is 9.18 Å². The fourth-order valence-electron chi connectivity index (χ4n) is 1.29. The Labute approximate surface area is 104 Å². The Morgan fingerprint density at radius 1 is 1.56 bits per heavy atom. The molecule has 0 aliphatic heterocycles. The van der Waals surface area contributed by atoms with E-state index in [0.29, 0.717) is 5.56 Å². The Bertz CT molecular complexity index is 426. The third-order valence-electron chi connectivity index (χ3n) is 2.11. The first-order chi connectivity index (χ1) is 8.40. The number of carbonyl (C=O) groups excluding carboxylic acids is 1. The van der Waals surface area contributed by atoms with Gasteiger partial charge in [0.05, 0.1) is 6.20 Å². The predicted molar refractivity (Wildman–Crippen MR) is 62.4 cm³/mol. The molecule has 1 heterocycles. The van der Waals surface area contributed by atoms with Crippen LogP contribution in [0.3, 0.4) is 0 Å². The molecule has 0 aliphatic carbocycles. The van der Waals surface area contributed by atoms with Gasteiger partial charge in [0.1, 0.15) is 18.5 Å². The Morgan fingerprint density at radius 3 is 2.78 bits per heavy atom. The van der Waals surface area contributed by atoms with E-state index in [2.05, 4.69) is 9.72 Å². The van der Waals surface area contributed by atoms with Crippen LogP contribution in [0.25, 0.3) is 0 Å². The van der Waals surface area contributed by atoms with Gasteiger partial charge < -0.3 is 20.9 Å². The first kappa shape index (κ1) is 14.2. The van der Waals surface area contributed by atoms with E-state index in [9.17, 15) is 9.18 Å². The molecule has 0 unspecified atom stereocenters. The van der Waals surface area contributed by atoms with Crippen molar-refractivity contribution < 1.29 is 18.7 Å². The van der Waals surface area contributed by atoms with E-state index < -0.39 is 24.1 Å². The van der Waals surface area contributed by atoms with Gasteiger partial charge in [-0.2, -0.15) is 0 Å². The van der Waals surface area contributed by atoms with Crippen LogP contribution >= 0.6 is 0 Å². The maximum Gasteiger partial charge on any atom is 0.404 e. The molecule has 0 spiro atoms. The fraction of sp³-hybridized carbons (Fsp3) is 0.455. The summed E-state index contributed by atoms with van der Waals surface area (Å²) < 4.78 is 23.0. The maximum atomic E-state index is 13.0. The summed E-state index contributed by atoms with van der Waals surface area (Å²) in [6, 6.07) is 0.835. The van der Waals surface area contributed by atoms with Crippen molar-refractivity contribution in [1.82, 2.24) is 4.98 Å². The lowest BCUT2D eigenvalue weighted by Gasteiger charge is -2.17. The van der Waals surface area contributed by atoms with Gasteiger partial charge in [-0.15, -0.1) is 0 Å². The van der Waals surface area contributed by atoms with Crippen molar-refractivity contribution in [3.8, 4) is 5.88 Å². The molecule has 4 N–H and O–H groups in total. The summed E-state index contributed by atoms with van der Waals surface area (Å²) in [5.41, 5.74) is 11.0. The number of rotatable bonds is 5. The highest BCUT2D eigenvalue weighted by molar-refractivity contribution is 5.64. The van der Waals surface area contributed by atoms with E-state index in [-0.39, 0.29) is 12.5 Å². The lowest BCUT2D eigenvalue weighted by atomic mass is 10.1. The average Bonchev–Trinajstić information content (AvgIpc) is 2.28. The van der Waals surface area contributed by atoms with Gasteiger partial charge in [-0.3, -0.25) is 0 Å². The van der Waals surface area contributed by atoms with E-state index in [4.69, 9.17) is 16.2 Å². The summed E-state index contributed by atoms with van der Waals surface area (Å²) in [7, 11) is 0. The number of hydrogen-bond acceptors (Lipinski definition) is 5. The van der Waals surface area contributed by atoms with Crippen LogP contribution in [0.2, 0.25) is 0 Å². The van der Waals surface area contributed by atoms with Crippen LogP contribution in [-0.2, 0) is 4.74 Å². The number of carbonyl (C=O) groups is 1. The average molecular weight is 257 g/mol. The van der Waals surface area contributed by atoms with Gasteiger partial charge in [0.2, 0.25) is 5.88 Å². The van der Waals surface area contributed by atoms with Crippen LogP contribution < -0.4 is 16.2 Å². The molecule has 1 rings (SSSR count). The first-order valence-electron chi connectivity index (χ1n) is 5.40. The van der Waals surface area contributed by atoms with E-state index in [0.717, 1.165) is 6.20 Å². The highest BCUT2D eigenvalue weighted by Gasteiger charge is 2.14. The van der Waals surface area contributed by atoms with Crippen molar-refractivity contribution in [2.45, 2.75) is 26.0 Å². The number of halogens is 1. The van der Waals surface area contributed by atoms with Crippen molar-refractivity contribution in [1.29, 1.82) is 0 Å². The normalized spacial score (nSPS) is 13.8. The van der Waals surface area contributed by atoms with Crippen LogP contribution in [0, 0.1) is 5.82 Å². The highest BCUT2D eigenvalue weighted by Crippen LogP contribution is 2.22. The molecule has 1 aromatic rings. The predicted octanol–water partition coefficient (Wildman–Crippen LogP) is 1.10. The number of amides is 1. The standard InChI is InChI=1S/C11H16FN3O3/c1-6(5-17-11(14)16)18-10-9(7(2)13)3-8(12)4-15-10/h3-4,6-7H,5,13H2,1-2H3,(H2,14,16)/t6-,7+/m0/s1. The smallest absolute Gasteiger partial charge is 0.404 e. The van der Waals surface area contributed by atoms with Gasteiger partial charge in [-0.05, 0) is 19.9 Å². The molecule has 100 valence electrons. The quantitative estimate of drug-likeness (QED) is 0.822. The van der Waals surface area contributed by atoms with Gasteiger partial charge in [-0.25, -0.2) is 14.2 Å². The minimum Gasteiger partial charge on any atom is -0.471 e. The van der Waals surface area contributed by atoms with Gasteiger partial charge in [0.25, 0.3) is 0 Å². The second-order valence-corrected chi connectivity index (χ2v) is 3.90. The molecule has 2 atom stereocenters. The van der Waals surface area contributed by atoms with Gasteiger partial charge in [0, 0.05) is 11.6 Å². The van der Waals surface area contributed by atoms with Crippen LogP contribution in [0.15, 0.2) is 12.3 Å². The van der Waals surface area contributed by atoms with Crippen LogP contribution in [0.5, 0.6) is 5.88 Å². The highest BCUT2D eigenvalue weighted by atomic mass is 19.1. The largest absolute Gasteiger partial charge is 0.471 e. The molecule has 6 nitrogen and oxygen atoms in total. The Kier molecular flexibility index (Phi) is 4.85. The van der Waals surface area contributed by atoms with E-state index in [1.807, 2.05) is 0 Å². The van der Waals surface area contributed by atoms with Crippen molar-refractivity contribution in [3.63, 3.8) is 0 Å². The number of nitrogens with zero attached hydrogens (tertiary/aromatic N) is 1. The fourth-order valence-corrected chi connectivity index (χ4v) is 1.29. The lowest BCUT2D eigenvalue weighted by molar-refractivity contribution is 0.0929. The maximum absolute atomic E-state index is 13.0. The van der Waals surface area contributed by atoms with Gasteiger partial charge in [-0.1, -0.05) is 0 Å². The van der Waals surface area contributed by atoms with Crippen molar-refractivity contribution in [2.75, 3.05) is 6.61 Å². The van der Waals surface area contributed by atoms with Crippen molar-refractivity contribution >= 4 is 6.09 Å². The van der Waals surface area contributed by atoms with Crippen LogP contribution in [-0.4, -0.2) is 23.8 Å². The Morgan fingerprint density at radius 2 is 2.22 bits per heavy atom. The minimum atomic E-state index is -0.884. The molecule has 18 heavy (non-hydrogen) atoms. The number of nitrogens with two attached hydrogens (primary N) is 2. The molecule has 0 bridgehead atoms. The second-order valence-electron chi connectivity index (χ2n) is 3.90. The molecule has 0 aromatic carbocycles. The third-order valence-corrected chi connectivity index (χ3v) is 2.11. The topological polar surface area (TPSA) is 100 Å². The minimum absolute atomic E-state index is 0.0210. The summed E-state index contributed by atoms with van der Waals surface area (Å²) in [6.45, 7) is 3.33. The Hall–Kier alpha value is -1.89. The third kappa shape index (κ3) is 4.17. The van der Waals surface area contributed by atoms with Crippen molar-refractivity contribution in [2.24, 2.45) is 11.5 Å². The first-order valence-corrected chi connectivity index (χ1v) is 5.40. The second kappa shape index (κ2) is 6.15. The number of ether oxygens (including phenoxy) is 2. The molecule has 0 saturated heterocycles. The summed E-state index contributed by atoms with van der Waals surface area (Å²) in [6.07, 6.45) is -0.319.